The van der Waals surface area contributed by atoms with Crippen LogP contribution >= 0.6 is 0 Å². The van der Waals surface area contributed by atoms with Crippen molar-refractivity contribution in [2.45, 2.75) is 82.4 Å². The van der Waals surface area contributed by atoms with Gasteiger partial charge < -0.3 is 15.3 Å². The molecule has 1 saturated heterocycles. The Morgan fingerprint density at radius 2 is 2.08 bits per heavy atom. The summed E-state index contributed by atoms with van der Waals surface area (Å²) >= 11 is 0. The molecule has 0 bridgehead atoms. The van der Waals surface area contributed by atoms with Gasteiger partial charge in [0.1, 0.15) is 6.04 Å². The van der Waals surface area contributed by atoms with Crippen LogP contribution < -0.4 is 5.32 Å². The van der Waals surface area contributed by atoms with Crippen LogP contribution in [-0.4, -0.2) is 46.7 Å². The summed E-state index contributed by atoms with van der Waals surface area (Å²) in [6.45, 7) is 3.24. The molecule has 3 aliphatic rings. The van der Waals surface area contributed by atoms with Gasteiger partial charge in [-0.2, -0.15) is 5.26 Å². The number of unbranched alkanes of at least 4 members (excludes halogenated alkanes) is 1. The number of fused-ring (bicyclic) bond motifs is 1. The Kier molecular flexibility index (Phi) is 5.46. The number of likely N-dealkylation sites (tertiary alicyclic amines) is 1. The maximum atomic E-state index is 12.3. The van der Waals surface area contributed by atoms with Crippen LogP contribution in [-0.2, 0) is 4.79 Å². The van der Waals surface area contributed by atoms with Gasteiger partial charge in [-0.1, -0.05) is 19.8 Å². The van der Waals surface area contributed by atoms with Crippen molar-refractivity contribution in [3.05, 3.63) is 0 Å². The molecule has 3 rings (SSSR count). The first-order chi connectivity index (χ1) is 11.5. The lowest BCUT2D eigenvalue weighted by molar-refractivity contribution is -0.130. The zero-order valence-electron chi connectivity index (χ0n) is 14.8. The Bertz CT molecular complexity index is 487. The van der Waals surface area contributed by atoms with Crippen LogP contribution in [0.1, 0.15) is 64.7 Å². The van der Waals surface area contributed by atoms with E-state index in [-0.39, 0.29) is 11.9 Å². The normalized spacial score (nSPS) is 38.3. The summed E-state index contributed by atoms with van der Waals surface area (Å²) in [4.78, 5) is 14.0. The highest BCUT2D eigenvalue weighted by molar-refractivity contribution is 5.79. The predicted octanol–water partition coefficient (Wildman–Crippen LogP) is 2.20. The molecule has 2 N–H and O–H groups in total. The zero-order valence-corrected chi connectivity index (χ0v) is 14.8. The van der Waals surface area contributed by atoms with E-state index in [4.69, 9.17) is 5.26 Å². The highest BCUT2D eigenvalue weighted by Gasteiger charge is 2.48. The van der Waals surface area contributed by atoms with E-state index >= 15 is 0 Å². The number of hydrogen-bond acceptors (Lipinski definition) is 4. The molecule has 2 saturated carbocycles. The second-order valence-corrected chi connectivity index (χ2v) is 8.18. The Morgan fingerprint density at radius 3 is 2.71 bits per heavy atom. The average Bonchev–Trinajstić information content (AvgIpc) is 3.23. The van der Waals surface area contributed by atoms with Gasteiger partial charge in [0.05, 0.1) is 18.2 Å². The number of nitrogens with zero attached hydrogens (tertiary/aromatic N) is 2. The van der Waals surface area contributed by atoms with Crippen molar-refractivity contribution < 1.29 is 9.90 Å². The fourth-order valence-electron chi connectivity index (χ4n) is 5.18. The lowest BCUT2D eigenvalue weighted by Crippen LogP contribution is -2.43. The number of amides is 1. The van der Waals surface area contributed by atoms with E-state index in [9.17, 15) is 9.90 Å². The summed E-state index contributed by atoms with van der Waals surface area (Å²) in [5.74, 6) is 1.28. The van der Waals surface area contributed by atoms with Gasteiger partial charge in [-0.3, -0.25) is 4.79 Å². The first-order valence-corrected chi connectivity index (χ1v) is 9.69. The Balaban J connectivity index is 1.42. The van der Waals surface area contributed by atoms with Crippen LogP contribution in [0.4, 0.5) is 0 Å². The number of rotatable bonds is 6. The molecular weight excluding hydrogens is 302 g/mol. The fraction of sp³-hybridized carbons (Fsp3) is 0.895. The largest absolute Gasteiger partial charge is 0.390 e. The minimum atomic E-state index is -0.429. The molecule has 0 radical (unpaired) electrons. The number of nitrogens with one attached hydrogen (secondary N) is 1. The van der Waals surface area contributed by atoms with Crippen LogP contribution in [0.25, 0.3) is 0 Å². The maximum absolute atomic E-state index is 12.3. The van der Waals surface area contributed by atoms with Crippen molar-refractivity contribution >= 4 is 5.91 Å². The molecular formula is C19H31N3O2. The molecule has 134 valence electrons. The monoisotopic (exact) mass is 333 g/mol. The predicted molar refractivity (Wildman–Crippen MR) is 92.1 cm³/mol. The fourth-order valence-corrected chi connectivity index (χ4v) is 5.18. The van der Waals surface area contributed by atoms with Crippen LogP contribution in [0, 0.1) is 23.2 Å². The standard InChI is InChI=1S/C19H31N3O2/c1-2-3-6-19(24)10-14-8-16(9-15(14)11-19)21-13-18(23)22-7-4-5-17(22)12-20/h14-17,21,24H,2-11,13H2,1H3. The van der Waals surface area contributed by atoms with Crippen molar-refractivity contribution in [1.82, 2.24) is 10.2 Å². The van der Waals surface area contributed by atoms with Crippen molar-refractivity contribution in [2.75, 3.05) is 13.1 Å². The zero-order chi connectivity index (χ0) is 17.2. The van der Waals surface area contributed by atoms with Gasteiger partial charge in [-0.15, -0.1) is 0 Å². The molecule has 3 fully saturated rings. The molecule has 0 aromatic rings. The number of nitriles is 1. The Hall–Kier alpha value is -1.12. The smallest absolute Gasteiger partial charge is 0.237 e. The van der Waals surface area contributed by atoms with Gasteiger partial charge in [0.25, 0.3) is 0 Å². The van der Waals surface area contributed by atoms with E-state index in [0.29, 0.717) is 24.4 Å². The second kappa shape index (κ2) is 7.41. The van der Waals surface area contributed by atoms with E-state index in [1.807, 2.05) is 0 Å². The van der Waals surface area contributed by atoms with E-state index in [1.165, 1.54) is 0 Å². The van der Waals surface area contributed by atoms with Gasteiger partial charge in [0, 0.05) is 12.6 Å². The first-order valence-electron chi connectivity index (χ1n) is 9.69. The molecule has 3 unspecified atom stereocenters. The highest BCUT2D eigenvalue weighted by atomic mass is 16.3. The number of hydrogen-bond donors (Lipinski definition) is 2. The van der Waals surface area contributed by atoms with E-state index < -0.39 is 5.60 Å². The number of carbonyl (C=O) groups is 1. The van der Waals surface area contributed by atoms with Crippen LogP contribution in [0.15, 0.2) is 0 Å². The van der Waals surface area contributed by atoms with Crippen molar-refractivity contribution in [3.63, 3.8) is 0 Å². The van der Waals surface area contributed by atoms with Gasteiger partial charge in [-0.05, 0) is 56.8 Å². The molecule has 1 amide bonds. The topological polar surface area (TPSA) is 76.4 Å². The molecule has 2 aliphatic carbocycles. The summed E-state index contributed by atoms with van der Waals surface area (Å²) in [5.41, 5.74) is -0.429. The maximum Gasteiger partial charge on any atom is 0.237 e. The summed E-state index contributed by atoms with van der Waals surface area (Å²) < 4.78 is 0. The van der Waals surface area contributed by atoms with E-state index in [2.05, 4.69) is 18.3 Å². The summed E-state index contributed by atoms with van der Waals surface area (Å²) in [6, 6.07) is 2.40. The summed E-state index contributed by atoms with van der Waals surface area (Å²) in [6.07, 6.45) is 8.98. The van der Waals surface area contributed by atoms with Gasteiger partial charge in [0.2, 0.25) is 5.91 Å². The third-order valence-electron chi connectivity index (χ3n) is 6.39. The molecule has 24 heavy (non-hydrogen) atoms. The summed E-state index contributed by atoms with van der Waals surface area (Å²) in [5, 5.41) is 23.2. The Morgan fingerprint density at radius 1 is 1.38 bits per heavy atom. The third kappa shape index (κ3) is 3.75. The molecule has 0 aromatic heterocycles. The minimum Gasteiger partial charge on any atom is -0.390 e. The molecule has 5 heteroatoms. The average molecular weight is 333 g/mol. The second-order valence-electron chi connectivity index (χ2n) is 8.18. The molecule has 0 spiro atoms. The van der Waals surface area contributed by atoms with E-state index in [0.717, 1.165) is 64.3 Å². The molecule has 3 atom stereocenters. The lowest BCUT2D eigenvalue weighted by atomic mass is 9.91. The molecule has 5 nitrogen and oxygen atoms in total. The van der Waals surface area contributed by atoms with Crippen LogP contribution in [0.2, 0.25) is 0 Å². The molecule has 1 aliphatic heterocycles. The van der Waals surface area contributed by atoms with Crippen molar-refractivity contribution in [2.24, 2.45) is 11.8 Å². The molecule has 0 aromatic carbocycles. The van der Waals surface area contributed by atoms with Gasteiger partial charge >= 0.3 is 0 Å². The van der Waals surface area contributed by atoms with Gasteiger partial charge in [-0.25, -0.2) is 0 Å². The highest BCUT2D eigenvalue weighted by Crippen LogP contribution is 2.50. The quantitative estimate of drug-likeness (QED) is 0.781. The Labute approximate surface area is 145 Å². The lowest BCUT2D eigenvalue weighted by Gasteiger charge is -2.25. The van der Waals surface area contributed by atoms with Crippen molar-refractivity contribution in [3.8, 4) is 6.07 Å². The number of carbonyl (C=O) groups excluding carboxylic acids is 1. The van der Waals surface area contributed by atoms with Crippen LogP contribution in [0.5, 0.6) is 0 Å². The van der Waals surface area contributed by atoms with E-state index in [1.54, 1.807) is 4.90 Å². The SMILES string of the molecule is CCCCC1(O)CC2CC(NCC(=O)N3CCCC3C#N)CC2C1. The van der Waals surface area contributed by atoms with Crippen LogP contribution in [0.3, 0.4) is 0 Å². The number of aliphatic hydroxyl groups is 1. The minimum absolute atomic E-state index is 0.0653. The third-order valence-corrected chi connectivity index (χ3v) is 6.39. The first kappa shape index (κ1) is 17.7. The summed E-state index contributed by atoms with van der Waals surface area (Å²) in [7, 11) is 0. The molecule has 1 heterocycles. The van der Waals surface area contributed by atoms with Crippen molar-refractivity contribution in [1.29, 1.82) is 5.26 Å². The van der Waals surface area contributed by atoms with Gasteiger partial charge in [0.15, 0.2) is 0 Å².